The predicted molar refractivity (Wildman–Crippen MR) is 78.4 cm³/mol. The van der Waals surface area contributed by atoms with E-state index in [0.717, 1.165) is 24.8 Å². The van der Waals surface area contributed by atoms with Gasteiger partial charge in [0.05, 0.1) is 5.56 Å². The van der Waals surface area contributed by atoms with E-state index in [1.165, 1.54) is 16.2 Å². The van der Waals surface area contributed by atoms with E-state index < -0.39 is 17.1 Å². The van der Waals surface area contributed by atoms with Gasteiger partial charge in [-0.15, -0.1) is 21.5 Å². The summed E-state index contributed by atoms with van der Waals surface area (Å²) in [6.07, 6.45) is -1.75. The Morgan fingerprint density at radius 3 is 2.86 bits per heavy atom. The quantitative estimate of drug-likeness (QED) is 0.893. The van der Waals surface area contributed by atoms with Crippen LogP contribution in [0.25, 0.3) is 0 Å². The molecule has 0 aromatic carbocycles. The summed E-state index contributed by atoms with van der Waals surface area (Å²) in [5, 5.41) is 9.40. The Labute approximate surface area is 132 Å². The second-order valence-corrected chi connectivity index (χ2v) is 7.21. The van der Waals surface area contributed by atoms with Gasteiger partial charge in [0, 0.05) is 10.3 Å². The Morgan fingerprint density at radius 2 is 2.18 bits per heavy atom. The Hall–Kier alpha value is -1.48. The first-order valence-electron chi connectivity index (χ1n) is 6.66. The highest BCUT2D eigenvalue weighted by molar-refractivity contribution is 7.15. The molecule has 0 radical (unpaired) electrons. The third kappa shape index (κ3) is 3.00. The van der Waals surface area contributed by atoms with Gasteiger partial charge in [-0.25, -0.2) is 0 Å². The van der Waals surface area contributed by atoms with E-state index in [-0.39, 0.29) is 5.13 Å². The first-order chi connectivity index (χ1) is 10.3. The van der Waals surface area contributed by atoms with E-state index in [2.05, 4.69) is 22.4 Å². The number of rotatable bonds is 2. The van der Waals surface area contributed by atoms with E-state index in [1.54, 1.807) is 5.38 Å². The van der Waals surface area contributed by atoms with Gasteiger partial charge in [0.15, 0.2) is 0 Å². The fourth-order valence-corrected chi connectivity index (χ4v) is 4.27. The monoisotopic (exact) mass is 347 g/mol. The van der Waals surface area contributed by atoms with Gasteiger partial charge in [0.2, 0.25) is 10.1 Å². The highest BCUT2D eigenvalue weighted by atomic mass is 32.1. The number of hydrogen-bond donors (Lipinski definition) is 1. The van der Waals surface area contributed by atoms with E-state index in [1.807, 2.05) is 0 Å². The van der Waals surface area contributed by atoms with Gasteiger partial charge < -0.3 is 0 Å². The van der Waals surface area contributed by atoms with Crippen LogP contribution in [0.15, 0.2) is 5.38 Å². The van der Waals surface area contributed by atoms with Crippen molar-refractivity contribution in [1.82, 2.24) is 10.2 Å². The minimum absolute atomic E-state index is 0.138. The number of nitrogens with zero attached hydrogens (tertiary/aromatic N) is 2. The van der Waals surface area contributed by atoms with Gasteiger partial charge in [-0.3, -0.25) is 10.1 Å². The number of anilines is 1. The minimum atomic E-state index is -4.54. The fraction of sp³-hybridized carbons (Fsp3) is 0.462. The molecule has 0 aliphatic heterocycles. The summed E-state index contributed by atoms with van der Waals surface area (Å²) in [5.41, 5.74) is 1.55. The molecule has 2 heterocycles. The fourth-order valence-electron chi connectivity index (χ4n) is 2.42. The van der Waals surface area contributed by atoms with Crippen molar-refractivity contribution >= 4 is 33.7 Å². The van der Waals surface area contributed by atoms with Crippen LogP contribution in [0.2, 0.25) is 0 Å². The average Bonchev–Trinajstić information content (AvgIpc) is 3.03. The Morgan fingerprint density at radius 1 is 1.41 bits per heavy atom. The van der Waals surface area contributed by atoms with Crippen LogP contribution >= 0.6 is 22.7 Å². The molecule has 1 unspecified atom stereocenters. The minimum Gasteiger partial charge on any atom is -0.296 e. The molecule has 9 heteroatoms. The van der Waals surface area contributed by atoms with Crippen LogP contribution in [-0.2, 0) is 19.0 Å². The molecule has 2 aromatic heterocycles. The van der Waals surface area contributed by atoms with Crippen molar-refractivity contribution in [2.24, 2.45) is 5.92 Å². The predicted octanol–water partition coefficient (Wildman–Crippen LogP) is 4.00. The summed E-state index contributed by atoms with van der Waals surface area (Å²) in [5.74, 6) is 0.177. The Bertz CT molecular complexity index is 708. The third-order valence-corrected chi connectivity index (χ3v) is 5.47. The maximum Gasteiger partial charge on any atom is 0.445 e. The van der Waals surface area contributed by atoms with Gasteiger partial charge >= 0.3 is 6.18 Å². The Balaban J connectivity index is 1.77. The third-order valence-electron chi connectivity index (χ3n) is 3.53. The molecule has 1 aliphatic carbocycles. The van der Waals surface area contributed by atoms with Crippen LogP contribution < -0.4 is 5.32 Å². The SMILES string of the molecule is CC1CCc2c(C(=O)Nc3nnc(C(F)(F)F)s3)csc2C1. The van der Waals surface area contributed by atoms with E-state index in [9.17, 15) is 18.0 Å². The number of alkyl halides is 3. The van der Waals surface area contributed by atoms with Gasteiger partial charge in [-0.1, -0.05) is 18.3 Å². The van der Waals surface area contributed by atoms with Crippen molar-refractivity contribution in [3.8, 4) is 0 Å². The zero-order valence-electron chi connectivity index (χ0n) is 11.5. The first-order valence-corrected chi connectivity index (χ1v) is 8.35. The van der Waals surface area contributed by atoms with Crippen LogP contribution in [-0.4, -0.2) is 16.1 Å². The number of amides is 1. The number of fused-ring (bicyclic) bond motifs is 1. The number of halogens is 3. The molecule has 1 aliphatic rings. The molecule has 1 atom stereocenters. The number of nitrogens with one attached hydrogen (secondary N) is 1. The number of aromatic nitrogens is 2. The van der Waals surface area contributed by atoms with Crippen LogP contribution in [0, 0.1) is 5.92 Å². The standard InChI is InChI=1S/C13H12F3N3OS2/c1-6-2-3-7-8(5-21-9(7)4-6)10(20)17-12-19-18-11(22-12)13(14,15)16/h5-6H,2-4H2,1H3,(H,17,19,20). The van der Waals surface area contributed by atoms with Crippen molar-refractivity contribution in [3.63, 3.8) is 0 Å². The highest BCUT2D eigenvalue weighted by Gasteiger charge is 2.36. The van der Waals surface area contributed by atoms with Crippen LogP contribution in [0.5, 0.6) is 0 Å². The molecule has 1 amide bonds. The van der Waals surface area contributed by atoms with E-state index >= 15 is 0 Å². The number of carbonyl (C=O) groups is 1. The summed E-state index contributed by atoms with van der Waals surface area (Å²) in [6, 6.07) is 0. The molecule has 0 saturated heterocycles. The van der Waals surface area contributed by atoms with Crippen molar-refractivity contribution in [1.29, 1.82) is 0 Å². The maximum atomic E-state index is 12.5. The molecule has 0 bridgehead atoms. The first kappa shape index (κ1) is 15.4. The normalized spacial score (nSPS) is 18.1. The molecule has 3 rings (SSSR count). The van der Waals surface area contributed by atoms with Crippen molar-refractivity contribution in [2.75, 3.05) is 5.32 Å². The van der Waals surface area contributed by atoms with Crippen molar-refractivity contribution < 1.29 is 18.0 Å². The topological polar surface area (TPSA) is 54.9 Å². The molecular formula is C13H12F3N3OS2. The number of thiophene rings is 1. The molecule has 2 aromatic rings. The van der Waals surface area contributed by atoms with Crippen molar-refractivity contribution in [2.45, 2.75) is 32.4 Å². The van der Waals surface area contributed by atoms with Gasteiger partial charge in [0.25, 0.3) is 5.91 Å². The summed E-state index contributed by atoms with van der Waals surface area (Å²) >= 11 is 1.86. The molecule has 22 heavy (non-hydrogen) atoms. The lowest BCUT2D eigenvalue weighted by Gasteiger charge is -2.18. The number of carbonyl (C=O) groups excluding carboxylic acids is 1. The lowest BCUT2D eigenvalue weighted by molar-refractivity contribution is -0.138. The van der Waals surface area contributed by atoms with Crippen LogP contribution in [0.1, 0.15) is 39.2 Å². The lowest BCUT2D eigenvalue weighted by Crippen LogP contribution is -2.16. The maximum absolute atomic E-state index is 12.5. The molecule has 118 valence electrons. The smallest absolute Gasteiger partial charge is 0.296 e. The summed E-state index contributed by atoms with van der Waals surface area (Å²) in [6.45, 7) is 2.17. The van der Waals surface area contributed by atoms with Gasteiger partial charge in [-0.2, -0.15) is 13.2 Å². The molecule has 4 nitrogen and oxygen atoms in total. The van der Waals surface area contributed by atoms with Crippen LogP contribution in [0.4, 0.5) is 18.3 Å². The largest absolute Gasteiger partial charge is 0.445 e. The molecule has 0 spiro atoms. The highest BCUT2D eigenvalue weighted by Crippen LogP contribution is 2.35. The zero-order chi connectivity index (χ0) is 15.9. The van der Waals surface area contributed by atoms with Gasteiger partial charge in [-0.05, 0) is 30.7 Å². The van der Waals surface area contributed by atoms with Crippen molar-refractivity contribution in [3.05, 3.63) is 26.4 Å². The average molecular weight is 347 g/mol. The van der Waals surface area contributed by atoms with Crippen LogP contribution in [0.3, 0.4) is 0 Å². The zero-order valence-corrected chi connectivity index (χ0v) is 13.2. The second-order valence-electron chi connectivity index (χ2n) is 5.26. The molecule has 0 fully saturated rings. The van der Waals surface area contributed by atoms with Gasteiger partial charge in [0.1, 0.15) is 0 Å². The molecule has 1 N–H and O–H groups in total. The summed E-state index contributed by atoms with van der Waals surface area (Å²) in [7, 11) is 0. The second kappa shape index (κ2) is 5.62. The Kier molecular flexibility index (Phi) is 3.94. The molecule has 0 saturated carbocycles. The summed E-state index contributed by atoms with van der Waals surface area (Å²) < 4.78 is 37.4. The number of hydrogen-bond acceptors (Lipinski definition) is 5. The lowest BCUT2D eigenvalue weighted by atomic mass is 9.88. The summed E-state index contributed by atoms with van der Waals surface area (Å²) in [4.78, 5) is 13.4. The van der Waals surface area contributed by atoms with E-state index in [4.69, 9.17) is 0 Å². The molecular weight excluding hydrogens is 335 g/mol. The van der Waals surface area contributed by atoms with E-state index in [0.29, 0.717) is 22.8 Å².